The molecule has 18 heavy (non-hydrogen) atoms. The summed E-state index contributed by atoms with van der Waals surface area (Å²) in [7, 11) is 0. The fourth-order valence-electron chi connectivity index (χ4n) is 3.18. The van der Waals surface area contributed by atoms with Crippen LogP contribution in [0.25, 0.3) is 0 Å². The van der Waals surface area contributed by atoms with Crippen LogP contribution in [0.1, 0.15) is 31.9 Å². The fraction of sp³-hybridized carbons (Fsp3) is 0.600. The number of halogens is 1. The first-order valence-electron chi connectivity index (χ1n) is 6.79. The second-order valence-corrected chi connectivity index (χ2v) is 6.62. The van der Waals surface area contributed by atoms with Crippen LogP contribution in [-0.4, -0.2) is 24.5 Å². The van der Waals surface area contributed by atoms with Crippen molar-refractivity contribution in [3.05, 3.63) is 34.3 Å². The number of hydrogen-bond acceptors (Lipinski definition) is 2. The molecule has 0 aromatic heterocycles. The van der Waals surface area contributed by atoms with Gasteiger partial charge in [-0.25, -0.2) is 0 Å². The first-order valence-corrected chi connectivity index (χ1v) is 7.59. The normalized spacial score (nSPS) is 27.1. The number of nitrogens with zero attached hydrogens (tertiary/aromatic N) is 1. The van der Waals surface area contributed by atoms with Crippen molar-refractivity contribution in [1.29, 1.82) is 0 Å². The number of hydrogen-bond donors (Lipinski definition) is 1. The first-order chi connectivity index (χ1) is 8.60. The molecule has 0 aliphatic carbocycles. The van der Waals surface area contributed by atoms with Crippen molar-refractivity contribution in [2.75, 3.05) is 19.6 Å². The highest BCUT2D eigenvalue weighted by atomic mass is 79.9. The summed E-state index contributed by atoms with van der Waals surface area (Å²) in [6.45, 7) is 7.71. The van der Waals surface area contributed by atoms with Crippen LogP contribution >= 0.6 is 15.9 Å². The molecule has 1 aliphatic heterocycles. The molecule has 2 N–H and O–H groups in total. The summed E-state index contributed by atoms with van der Waals surface area (Å²) >= 11 is 3.55. The average molecular weight is 311 g/mol. The summed E-state index contributed by atoms with van der Waals surface area (Å²) < 4.78 is 1.14. The van der Waals surface area contributed by atoms with E-state index in [0.717, 1.165) is 16.3 Å². The quantitative estimate of drug-likeness (QED) is 0.927. The van der Waals surface area contributed by atoms with E-state index in [1.165, 1.54) is 25.1 Å². The van der Waals surface area contributed by atoms with Crippen molar-refractivity contribution in [1.82, 2.24) is 4.90 Å². The van der Waals surface area contributed by atoms with Crippen LogP contribution in [0, 0.1) is 11.8 Å². The van der Waals surface area contributed by atoms with E-state index in [1.807, 2.05) is 0 Å². The fourth-order valence-corrected chi connectivity index (χ4v) is 3.59. The van der Waals surface area contributed by atoms with E-state index in [0.29, 0.717) is 12.6 Å². The number of benzene rings is 1. The lowest BCUT2D eigenvalue weighted by atomic mass is 9.90. The second kappa shape index (κ2) is 6.18. The number of piperidine rings is 1. The van der Waals surface area contributed by atoms with Crippen LogP contribution in [0.3, 0.4) is 0 Å². The van der Waals surface area contributed by atoms with E-state index >= 15 is 0 Å². The molecule has 1 aromatic carbocycles. The van der Waals surface area contributed by atoms with E-state index in [4.69, 9.17) is 5.73 Å². The van der Waals surface area contributed by atoms with E-state index in [2.05, 4.69) is 58.9 Å². The summed E-state index contributed by atoms with van der Waals surface area (Å²) in [4.78, 5) is 2.56. The van der Waals surface area contributed by atoms with Crippen LogP contribution in [0.4, 0.5) is 0 Å². The molecule has 3 unspecified atom stereocenters. The smallest absolute Gasteiger partial charge is 0.0471 e. The van der Waals surface area contributed by atoms with Gasteiger partial charge in [0.25, 0.3) is 0 Å². The molecule has 0 radical (unpaired) electrons. The van der Waals surface area contributed by atoms with Gasteiger partial charge in [0.05, 0.1) is 0 Å². The number of rotatable bonds is 3. The minimum Gasteiger partial charge on any atom is -0.329 e. The van der Waals surface area contributed by atoms with Crippen LogP contribution in [0.5, 0.6) is 0 Å². The van der Waals surface area contributed by atoms with Crippen LogP contribution in [0.15, 0.2) is 28.7 Å². The lowest BCUT2D eigenvalue weighted by molar-refractivity contribution is 0.0984. The highest BCUT2D eigenvalue weighted by Gasteiger charge is 2.27. The SMILES string of the molecule is CC1CC(C)CN(C(CN)c2cccc(Br)c2)C1. The van der Waals surface area contributed by atoms with Crippen molar-refractivity contribution in [3.8, 4) is 0 Å². The Morgan fingerprint density at radius 1 is 1.33 bits per heavy atom. The Balaban J connectivity index is 2.17. The van der Waals surface area contributed by atoms with Gasteiger partial charge in [-0.1, -0.05) is 41.9 Å². The van der Waals surface area contributed by atoms with Gasteiger partial charge in [-0.05, 0) is 36.0 Å². The zero-order valence-corrected chi connectivity index (χ0v) is 12.9. The van der Waals surface area contributed by atoms with Gasteiger partial charge >= 0.3 is 0 Å². The Morgan fingerprint density at radius 2 is 2.00 bits per heavy atom. The Labute approximate surface area is 119 Å². The molecule has 2 rings (SSSR count). The van der Waals surface area contributed by atoms with Gasteiger partial charge in [0.2, 0.25) is 0 Å². The summed E-state index contributed by atoms with van der Waals surface area (Å²) in [6, 6.07) is 8.90. The zero-order valence-electron chi connectivity index (χ0n) is 11.3. The second-order valence-electron chi connectivity index (χ2n) is 5.71. The summed E-state index contributed by atoms with van der Waals surface area (Å²) in [5.74, 6) is 1.55. The molecule has 1 saturated heterocycles. The lowest BCUT2D eigenvalue weighted by Gasteiger charge is -2.40. The topological polar surface area (TPSA) is 29.3 Å². The van der Waals surface area contributed by atoms with Crippen molar-refractivity contribution in [3.63, 3.8) is 0 Å². The van der Waals surface area contributed by atoms with Crippen LogP contribution in [-0.2, 0) is 0 Å². The maximum absolute atomic E-state index is 6.02. The predicted molar refractivity (Wildman–Crippen MR) is 80.5 cm³/mol. The molecule has 3 heteroatoms. The van der Waals surface area contributed by atoms with Gasteiger partial charge < -0.3 is 5.73 Å². The molecular weight excluding hydrogens is 288 g/mol. The molecule has 0 spiro atoms. The van der Waals surface area contributed by atoms with Crippen LogP contribution < -0.4 is 5.73 Å². The summed E-state index contributed by atoms with van der Waals surface area (Å²) in [5.41, 5.74) is 7.35. The molecule has 1 fully saturated rings. The Kier molecular flexibility index (Phi) is 4.82. The molecule has 100 valence electrons. The molecule has 1 aliphatic rings. The first kappa shape index (κ1) is 14.0. The predicted octanol–water partition coefficient (Wildman–Crippen LogP) is 3.43. The standard InChI is InChI=1S/C15H23BrN2/c1-11-6-12(2)10-18(9-11)15(8-17)13-4-3-5-14(16)7-13/h3-5,7,11-12,15H,6,8-10,17H2,1-2H3. The third-order valence-electron chi connectivity index (χ3n) is 3.79. The average Bonchev–Trinajstić information content (AvgIpc) is 2.28. The van der Waals surface area contributed by atoms with Gasteiger partial charge in [0, 0.05) is 30.1 Å². The molecule has 0 bridgehead atoms. The highest BCUT2D eigenvalue weighted by Crippen LogP contribution is 2.29. The summed E-state index contributed by atoms with van der Waals surface area (Å²) in [5, 5.41) is 0. The zero-order chi connectivity index (χ0) is 13.1. The minimum atomic E-state index is 0.354. The maximum atomic E-state index is 6.02. The van der Waals surface area contributed by atoms with Crippen LogP contribution in [0.2, 0.25) is 0 Å². The van der Waals surface area contributed by atoms with Crippen molar-refractivity contribution >= 4 is 15.9 Å². The van der Waals surface area contributed by atoms with Gasteiger partial charge in [0.15, 0.2) is 0 Å². The molecule has 0 amide bonds. The van der Waals surface area contributed by atoms with Gasteiger partial charge in [-0.3, -0.25) is 4.90 Å². The highest BCUT2D eigenvalue weighted by molar-refractivity contribution is 9.10. The monoisotopic (exact) mass is 310 g/mol. The van der Waals surface area contributed by atoms with E-state index in [9.17, 15) is 0 Å². The van der Waals surface area contributed by atoms with Crippen molar-refractivity contribution < 1.29 is 0 Å². The Hall–Kier alpha value is -0.380. The van der Waals surface area contributed by atoms with E-state index in [1.54, 1.807) is 0 Å². The van der Waals surface area contributed by atoms with Gasteiger partial charge in [-0.2, -0.15) is 0 Å². The van der Waals surface area contributed by atoms with E-state index < -0.39 is 0 Å². The van der Waals surface area contributed by atoms with Crippen molar-refractivity contribution in [2.45, 2.75) is 26.3 Å². The number of nitrogens with two attached hydrogens (primary N) is 1. The lowest BCUT2D eigenvalue weighted by Crippen LogP contribution is -2.43. The Bertz CT molecular complexity index is 384. The Morgan fingerprint density at radius 3 is 2.56 bits per heavy atom. The minimum absolute atomic E-state index is 0.354. The third kappa shape index (κ3) is 3.34. The van der Waals surface area contributed by atoms with Gasteiger partial charge in [-0.15, -0.1) is 0 Å². The van der Waals surface area contributed by atoms with Gasteiger partial charge in [0.1, 0.15) is 0 Å². The molecule has 1 aromatic rings. The molecule has 1 heterocycles. The van der Waals surface area contributed by atoms with Crippen molar-refractivity contribution in [2.24, 2.45) is 17.6 Å². The maximum Gasteiger partial charge on any atom is 0.0471 e. The third-order valence-corrected chi connectivity index (χ3v) is 4.29. The summed E-state index contributed by atoms with van der Waals surface area (Å²) in [6.07, 6.45) is 1.34. The molecule has 3 atom stereocenters. The number of likely N-dealkylation sites (tertiary alicyclic amines) is 1. The molecule has 2 nitrogen and oxygen atoms in total. The molecule has 0 saturated carbocycles. The molecular formula is C15H23BrN2. The largest absolute Gasteiger partial charge is 0.329 e. The van der Waals surface area contributed by atoms with E-state index in [-0.39, 0.29) is 0 Å².